The zero-order chi connectivity index (χ0) is 15.4. The average molecular weight is 291 g/mol. The van der Waals surface area contributed by atoms with Crippen LogP contribution in [0.25, 0.3) is 0 Å². The van der Waals surface area contributed by atoms with E-state index in [0.29, 0.717) is 6.04 Å². The Bertz CT molecular complexity index is 498. The summed E-state index contributed by atoms with van der Waals surface area (Å²) < 4.78 is 0. The molecule has 0 spiro atoms. The van der Waals surface area contributed by atoms with Crippen LogP contribution in [0.5, 0.6) is 0 Å². The number of hydrogen-bond acceptors (Lipinski definition) is 4. The quantitative estimate of drug-likeness (QED) is 0.586. The lowest BCUT2D eigenvalue weighted by Gasteiger charge is -2.27. The normalized spacial score (nSPS) is 14.7. The number of anilines is 1. The Morgan fingerprint density at radius 2 is 2.14 bits per heavy atom. The van der Waals surface area contributed by atoms with Crippen molar-refractivity contribution in [2.24, 2.45) is 5.92 Å². The summed E-state index contributed by atoms with van der Waals surface area (Å²) in [6.45, 7) is 9.08. The third-order valence-electron chi connectivity index (χ3n) is 3.96. The van der Waals surface area contributed by atoms with Crippen molar-refractivity contribution < 1.29 is 4.92 Å². The molecule has 1 fully saturated rings. The molecule has 2 rings (SSSR count). The molecule has 1 aromatic rings. The second-order valence-corrected chi connectivity index (χ2v) is 6.10. The van der Waals surface area contributed by atoms with Gasteiger partial charge in [0.15, 0.2) is 0 Å². The first-order valence-electron chi connectivity index (χ1n) is 7.76. The van der Waals surface area contributed by atoms with E-state index in [2.05, 4.69) is 24.1 Å². The lowest BCUT2D eigenvalue weighted by Crippen LogP contribution is -2.32. The summed E-state index contributed by atoms with van der Waals surface area (Å²) in [4.78, 5) is 13.1. The average Bonchev–Trinajstić information content (AvgIpc) is 3.23. The molecule has 0 unspecified atom stereocenters. The van der Waals surface area contributed by atoms with Crippen LogP contribution >= 0.6 is 0 Å². The highest BCUT2D eigenvalue weighted by Gasteiger charge is 2.26. The molecule has 0 heterocycles. The first kappa shape index (κ1) is 15.8. The van der Waals surface area contributed by atoms with Crippen molar-refractivity contribution in [1.29, 1.82) is 0 Å². The van der Waals surface area contributed by atoms with Gasteiger partial charge in [-0.25, -0.2) is 0 Å². The van der Waals surface area contributed by atoms with Crippen LogP contribution in [0.2, 0.25) is 0 Å². The fourth-order valence-corrected chi connectivity index (χ4v) is 2.50. The molecule has 0 radical (unpaired) electrons. The Morgan fingerprint density at radius 3 is 2.67 bits per heavy atom. The van der Waals surface area contributed by atoms with Gasteiger partial charge in [-0.1, -0.05) is 0 Å². The van der Waals surface area contributed by atoms with Crippen molar-refractivity contribution in [2.45, 2.75) is 46.2 Å². The predicted molar refractivity (Wildman–Crippen MR) is 85.5 cm³/mol. The number of nitrogens with one attached hydrogen (secondary N) is 1. The molecule has 0 saturated heterocycles. The molecule has 116 valence electrons. The van der Waals surface area contributed by atoms with Crippen LogP contribution in [-0.2, 0) is 6.54 Å². The maximum absolute atomic E-state index is 11.0. The van der Waals surface area contributed by atoms with Crippen LogP contribution in [0.3, 0.4) is 0 Å². The van der Waals surface area contributed by atoms with E-state index in [9.17, 15) is 10.1 Å². The maximum Gasteiger partial charge on any atom is 0.269 e. The van der Waals surface area contributed by atoms with E-state index in [1.54, 1.807) is 12.1 Å². The van der Waals surface area contributed by atoms with E-state index in [0.717, 1.165) is 36.8 Å². The molecule has 1 N–H and O–H groups in total. The third-order valence-corrected chi connectivity index (χ3v) is 3.96. The van der Waals surface area contributed by atoms with Gasteiger partial charge in [0.05, 0.1) is 4.92 Å². The number of benzene rings is 1. The van der Waals surface area contributed by atoms with Crippen molar-refractivity contribution in [2.75, 3.05) is 18.4 Å². The van der Waals surface area contributed by atoms with E-state index in [1.807, 2.05) is 13.0 Å². The zero-order valence-electron chi connectivity index (χ0n) is 13.1. The van der Waals surface area contributed by atoms with E-state index >= 15 is 0 Å². The third kappa shape index (κ3) is 4.43. The number of hydrogen-bond donors (Lipinski definition) is 1. The van der Waals surface area contributed by atoms with E-state index in [-0.39, 0.29) is 10.6 Å². The van der Waals surface area contributed by atoms with Crippen LogP contribution < -0.4 is 5.32 Å². The Hall–Kier alpha value is -1.62. The molecule has 0 aromatic heterocycles. The second-order valence-electron chi connectivity index (χ2n) is 6.10. The first-order valence-corrected chi connectivity index (χ1v) is 7.76. The molecule has 1 aromatic carbocycles. The van der Waals surface area contributed by atoms with Gasteiger partial charge in [0, 0.05) is 43.5 Å². The Labute approximate surface area is 126 Å². The fourth-order valence-electron chi connectivity index (χ4n) is 2.50. The summed E-state index contributed by atoms with van der Waals surface area (Å²) >= 11 is 0. The molecular weight excluding hydrogens is 266 g/mol. The van der Waals surface area contributed by atoms with Gasteiger partial charge in [0.1, 0.15) is 0 Å². The van der Waals surface area contributed by atoms with Crippen molar-refractivity contribution in [1.82, 2.24) is 4.90 Å². The van der Waals surface area contributed by atoms with E-state index < -0.39 is 0 Å². The highest BCUT2D eigenvalue weighted by molar-refractivity contribution is 5.56. The molecule has 0 aliphatic heterocycles. The highest BCUT2D eigenvalue weighted by Crippen LogP contribution is 2.32. The van der Waals surface area contributed by atoms with E-state index in [4.69, 9.17) is 0 Å². The minimum Gasteiger partial charge on any atom is -0.385 e. The lowest BCUT2D eigenvalue weighted by atomic mass is 10.1. The largest absolute Gasteiger partial charge is 0.385 e. The van der Waals surface area contributed by atoms with Crippen molar-refractivity contribution in [3.05, 3.63) is 33.9 Å². The van der Waals surface area contributed by atoms with Crippen LogP contribution in [-0.4, -0.2) is 29.0 Å². The maximum atomic E-state index is 11.0. The highest BCUT2D eigenvalue weighted by atomic mass is 16.6. The molecule has 0 amide bonds. The van der Waals surface area contributed by atoms with Crippen molar-refractivity contribution in [3.8, 4) is 0 Å². The Balaban J connectivity index is 2.20. The summed E-state index contributed by atoms with van der Waals surface area (Å²) in [5, 5.41) is 14.3. The zero-order valence-corrected chi connectivity index (χ0v) is 13.1. The molecule has 5 nitrogen and oxygen atoms in total. The van der Waals surface area contributed by atoms with Gasteiger partial charge in [-0.05, 0) is 51.2 Å². The molecular formula is C16H25N3O2. The Morgan fingerprint density at radius 1 is 1.43 bits per heavy atom. The first-order chi connectivity index (χ1) is 10.0. The van der Waals surface area contributed by atoms with Crippen LogP contribution in [0.4, 0.5) is 11.4 Å². The number of rotatable bonds is 8. The Kier molecular flexibility index (Phi) is 5.17. The van der Waals surface area contributed by atoms with Gasteiger partial charge in [-0.2, -0.15) is 0 Å². The van der Waals surface area contributed by atoms with Gasteiger partial charge in [0.25, 0.3) is 5.69 Å². The standard InChI is InChI=1S/C16H25N3O2/c1-4-17-16-8-7-15(19(20)21)9-14(16)11-18(12(2)3)10-13-5-6-13/h7-9,12-13,17H,4-6,10-11H2,1-3H3. The van der Waals surface area contributed by atoms with Gasteiger partial charge in [-0.15, -0.1) is 0 Å². The van der Waals surface area contributed by atoms with Gasteiger partial charge in [0.2, 0.25) is 0 Å². The summed E-state index contributed by atoms with van der Waals surface area (Å²) in [5.74, 6) is 0.814. The lowest BCUT2D eigenvalue weighted by molar-refractivity contribution is -0.384. The van der Waals surface area contributed by atoms with Crippen molar-refractivity contribution in [3.63, 3.8) is 0 Å². The summed E-state index contributed by atoms with van der Waals surface area (Å²) in [6, 6.07) is 5.55. The monoisotopic (exact) mass is 291 g/mol. The van der Waals surface area contributed by atoms with Gasteiger partial charge in [-0.3, -0.25) is 15.0 Å². The fraction of sp³-hybridized carbons (Fsp3) is 0.625. The molecule has 1 aliphatic rings. The number of nitrogens with zero attached hydrogens (tertiary/aromatic N) is 2. The SMILES string of the molecule is CCNc1ccc([N+](=O)[O-])cc1CN(CC1CC1)C(C)C. The minimum absolute atomic E-state index is 0.168. The molecule has 0 atom stereocenters. The molecule has 1 saturated carbocycles. The predicted octanol–water partition coefficient (Wildman–Crippen LogP) is 3.65. The molecule has 0 bridgehead atoms. The summed E-state index contributed by atoms with van der Waals surface area (Å²) in [5.41, 5.74) is 2.19. The van der Waals surface area contributed by atoms with E-state index in [1.165, 1.54) is 12.8 Å². The van der Waals surface area contributed by atoms with Crippen LogP contribution in [0.15, 0.2) is 18.2 Å². The van der Waals surface area contributed by atoms with Gasteiger partial charge >= 0.3 is 0 Å². The number of nitro groups is 1. The minimum atomic E-state index is -0.320. The second kappa shape index (κ2) is 6.89. The number of nitro benzene ring substituents is 1. The van der Waals surface area contributed by atoms with Crippen molar-refractivity contribution >= 4 is 11.4 Å². The molecule has 5 heteroatoms. The summed E-state index contributed by atoms with van der Waals surface area (Å²) in [7, 11) is 0. The summed E-state index contributed by atoms with van der Waals surface area (Å²) in [6.07, 6.45) is 2.64. The van der Waals surface area contributed by atoms with Crippen LogP contribution in [0, 0.1) is 16.0 Å². The smallest absolute Gasteiger partial charge is 0.269 e. The topological polar surface area (TPSA) is 58.4 Å². The molecule has 21 heavy (non-hydrogen) atoms. The molecule has 1 aliphatic carbocycles. The van der Waals surface area contributed by atoms with Crippen LogP contribution in [0.1, 0.15) is 39.2 Å². The van der Waals surface area contributed by atoms with Gasteiger partial charge < -0.3 is 5.32 Å². The number of non-ortho nitro benzene ring substituents is 1.